The third kappa shape index (κ3) is 5.47. The Kier molecular flexibility index (Phi) is 7.00. The lowest BCUT2D eigenvalue weighted by Gasteiger charge is -2.18. The molecular formula is C21H26N2O5. The molecule has 0 aliphatic carbocycles. The standard InChI is InChI=1S/C21H26N2O5/c1-5-8-23(4)12-15-11-17(6-7-18(15)24)28-19-13(2)9-16(10-14(19)3)22-20(25)21(26)27/h6-7,9-11,24H,5,8,12H2,1-4H3,(H,22,25)(H,26,27). The highest BCUT2D eigenvalue weighted by Gasteiger charge is 2.14. The number of aromatic hydroxyl groups is 1. The van der Waals surface area contributed by atoms with Crippen LogP contribution in [0.3, 0.4) is 0 Å². The zero-order chi connectivity index (χ0) is 20.8. The molecule has 2 aromatic rings. The van der Waals surface area contributed by atoms with Crippen molar-refractivity contribution in [3.8, 4) is 17.2 Å². The van der Waals surface area contributed by atoms with Gasteiger partial charge in [0.05, 0.1) is 0 Å². The molecule has 3 N–H and O–H groups in total. The molecule has 1 amide bonds. The van der Waals surface area contributed by atoms with Gasteiger partial charge < -0.3 is 25.2 Å². The van der Waals surface area contributed by atoms with Gasteiger partial charge in [-0.25, -0.2) is 4.79 Å². The van der Waals surface area contributed by atoms with E-state index in [4.69, 9.17) is 9.84 Å². The molecule has 0 radical (unpaired) electrons. The number of hydrogen-bond donors (Lipinski definition) is 3. The number of nitrogens with one attached hydrogen (secondary N) is 1. The van der Waals surface area contributed by atoms with Crippen LogP contribution in [0.5, 0.6) is 17.2 Å². The molecule has 0 saturated heterocycles. The number of phenols is 1. The molecule has 0 bridgehead atoms. The molecule has 0 aliphatic heterocycles. The van der Waals surface area contributed by atoms with Crippen molar-refractivity contribution in [1.29, 1.82) is 0 Å². The highest BCUT2D eigenvalue weighted by atomic mass is 16.5. The summed E-state index contributed by atoms with van der Waals surface area (Å²) in [7, 11) is 1.99. The number of phenolic OH excluding ortho intramolecular Hbond substituents is 1. The minimum atomic E-state index is -1.54. The van der Waals surface area contributed by atoms with E-state index in [0.29, 0.717) is 23.7 Å². The second kappa shape index (κ2) is 9.23. The Morgan fingerprint density at radius 2 is 1.79 bits per heavy atom. The molecule has 0 unspecified atom stereocenters. The van der Waals surface area contributed by atoms with Crippen LogP contribution < -0.4 is 10.1 Å². The number of benzene rings is 2. The molecule has 0 heterocycles. The van der Waals surface area contributed by atoms with Gasteiger partial charge in [-0.3, -0.25) is 4.79 Å². The normalized spacial score (nSPS) is 10.8. The van der Waals surface area contributed by atoms with Gasteiger partial charge in [0.25, 0.3) is 0 Å². The van der Waals surface area contributed by atoms with E-state index in [1.54, 1.807) is 30.3 Å². The maximum absolute atomic E-state index is 11.3. The van der Waals surface area contributed by atoms with Crippen LogP contribution in [0, 0.1) is 13.8 Å². The first-order chi connectivity index (χ1) is 13.2. The van der Waals surface area contributed by atoms with Crippen molar-refractivity contribution in [2.45, 2.75) is 33.7 Å². The Labute approximate surface area is 164 Å². The van der Waals surface area contributed by atoms with Crippen LogP contribution in [0.2, 0.25) is 0 Å². The number of carboxylic acid groups (broad SMARTS) is 1. The molecule has 0 aliphatic rings. The molecule has 0 fully saturated rings. The Bertz CT molecular complexity index is 856. The van der Waals surface area contributed by atoms with E-state index >= 15 is 0 Å². The molecule has 0 aromatic heterocycles. The van der Waals surface area contributed by atoms with Crippen molar-refractivity contribution in [2.75, 3.05) is 18.9 Å². The minimum Gasteiger partial charge on any atom is -0.508 e. The number of aryl methyl sites for hydroxylation is 2. The minimum absolute atomic E-state index is 0.218. The fourth-order valence-corrected chi connectivity index (χ4v) is 2.99. The molecule has 2 aromatic carbocycles. The van der Waals surface area contributed by atoms with Gasteiger partial charge in [-0.05, 0) is 75.3 Å². The Morgan fingerprint density at radius 1 is 1.14 bits per heavy atom. The van der Waals surface area contributed by atoms with Crippen LogP contribution in [-0.4, -0.2) is 40.6 Å². The van der Waals surface area contributed by atoms with E-state index in [1.165, 1.54) is 0 Å². The average Bonchev–Trinajstić information content (AvgIpc) is 2.61. The number of rotatable bonds is 7. The second-order valence-electron chi connectivity index (χ2n) is 6.83. The fraction of sp³-hybridized carbons (Fsp3) is 0.333. The predicted octanol–water partition coefficient (Wildman–Crippen LogP) is 3.67. The zero-order valence-corrected chi connectivity index (χ0v) is 16.6. The summed E-state index contributed by atoms with van der Waals surface area (Å²) in [5, 5.41) is 21.2. The van der Waals surface area contributed by atoms with Crippen molar-refractivity contribution < 1.29 is 24.5 Å². The van der Waals surface area contributed by atoms with Gasteiger partial charge in [-0.2, -0.15) is 0 Å². The van der Waals surface area contributed by atoms with Crippen LogP contribution in [0.4, 0.5) is 5.69 Å². The lowest BCUT2D eigenvalue weighted by Crippen LogP contribution is -2.21. The quantitative estimate of drug-likeness (QED) is 0.628. The van der Waals surface area contributed by atoms with Crippen LogP contribution in [0.15, 0.2) is 30.3 Å². The average molecular weight is 386 g/mol. The Hall–Kier alpha value is -3.06. The molecule has 0 saturated carbocycles. The number of carbonyl (C=O) groups excluding carboxylic acids is 1. The van der Waals surface area contributed by atoms with E-state index in [2.05, 4.69) is 17.1 Å². The first-order valence-corrected chi connectivity index (χ1v) is 9.05. The molecule has 7 heteroatoms. The number of carbonyl (C=O) groups is 2. The monoisotopic (exact) mass is 386 g/mol. The first kappa shape index (κ1) is 21.2. The number of ether oxygens (including phenoxy) is 1. The maximum Gasteiger partial charge on any atom is 0.394 e. The van der Waals surface area contributed by atoms with Gasteiger partial charge in [0.2, 0.25) is 0 Å². The third-order valence-corrected chi connectivity index (χ3v) is 4.23. The van der Waals surface area contributed by atoms with Crippen LogP contribution >= 0.6 is 0 Å². The number of anilines is 1. The number of amides is 1. The summed E-state index contributed by atoms with van der Waals surface area (Å²) in [6, 6.07) is 8.41. The van der Waals surface area contributed by atoms with Crippen LogP contribution in [-0.2, 0) is 16.1 Å². The summed E-state index contributed by atoms with van der Waals surface area (Å²) in [6.07, 6.45) is 1.02. The van der Waals surface area contributed by atoms with Crippen LogP contribution in [0.25, 0.3) is 0 Å². The van der Waals surface area contributed by atoms with E-state index in [0.717, 1.165) is 29.7 Å². The fourth-order valence-electron chi connectivity index (χ4n) is 2.99. The SMILES string of the molecule is CCCN(C)Cc1cc(Oc2c(C)cc(NC(=O)C(=O)O)cc2C)ccc1O. The maximum atomic E-state index is 11.3. The van der Waals surface area contributed by atoms with E-state index in [1.807, 2.05) is 20.9 Å². The number of nitrogens with zero attached hydrogens (tertiary/aromatic N) is 1. The summed E-state index contributed by atoms with van der Waals surface area (Å²) < 4.78 is 6.03. The Balaban J connectivity index is 2.23. The third-order valence-electron chi connectivity index (χ3n) is 4.23. The van der Waals surface area contributed by atoms with Crippen molar-refractivity contribution >= 4 is 17.6 Å². The zero-order valence-electron chi connectivity index (χ0n) is 16.6. The lowest BCUT2D eigenvalue weighted by molar-refractivity contribution is -0.147. The summed E-state index contributed by atoms with van der Waals surface area (Å²) in [5.41, 5.74) is 2.66. The molecule has 150 valence electrons. The summed E-state index contributed by atoms with van der Waals surface area (Å²) in [4.78, 5) is 24.2. The van der Waals surface area contributed by atoms with Crippen molar-refractivity contribution in [2.24, 2.45) is 0 Å². The highest BCUT2D eigenvalue weighted by molar-refractivity contribution is 6.36. The van der Waals surface area contributed by atoms with Gasteiger partial charge in [-0.15, -0.1) is 0 Å². The van der Waals surface area contributed by atoms with Gasteiger partial charge in [0.15, 0.2) is 0 Å². The molecule has 0 atom stereocenters. The smallest absolute Gasteiger partial charge is 0.394 e. The van der Waals surface area contributed by atoms with Crippen LogP contribution in [0.1, 0.15) is 30.0 Å². The lowest BCUT2D eigenvalue weighted by atomic mass is 10.1. The van der Waals surface area contributed by atoms with Gasteiger partial charge in [0.1, 0.15) is 17.2 Å². The number of hydrogen-bond acceptors (Lipinski definition) is 5. The number of carboxylic acids is 1. The van der Waals surface area contributed by atoms with E-state index in [-0.39, 0.29) is 5.75 Å². The summed E-state index contributed by atoms with van der Waals surface area (Å²) >= 11 is 0. The van der Waals surface area contributed by atoms with Crippen molar-refractivity contribution in [3.63, 3.8) is 0 Å². The van der Waals surface area contributed by atoms with E-state index in [9.17, 15) is 14.7 Å². The first-order valence-electron chi connectivity index (χ1n) is 9.05. The van der Waals surface area contributed by atoms with Gasteiger partial charge >= 0.3 is 11.9 Å². The van der Waals surface area contributed by atoms with E-state index < -0.39 is 11.9 Å². The molecule has 28 heavy (non-hydrogen) atoms. The summed E-state index contributed by atoms with van der Waals surface area (Å²) in [5.74, 6) is -1.21. The predicted molar refractivity (Wildman–Crippen MR) is 107 cm³/mol. The topological polar surface area (TPSA) is 99.1 Å². The van der Waals surface area contributed by atoms with Gasteiger partial charge in [-0.1, -0.05) is 6.92 Å². The largest absolute Gasteiger partial charge is 0.508 e. The Morgan fingerprint density at radius 3 is 2.36 bits per heavy atom. The summed E-state index contributed by atoms with van der Waals surface area (Å²) in [6.45, 7) is 7.26. The van der Waals surface area contributed by atoms with Crippen molar-refractivity contribution in [3.05, 3.63) is 47.0 Å². The molecular weight excluding hydrogens is 360 g/mol. The molecule has 2 rings (SSSR count). The number of aliphatic carboxylic acids is 1. The molecule has 7 nitrogen and oxygen atoms in total. The molecule has 0 spiro atoms. The van der Waals surface area contributed by atoms with Gasteiger partial charge in [0, 0.05) is 17.8 Å². The van der Waals surface area contributed by atoms with Crippen molar-refractivity contribution in [1.82, 2.24) is 4.90 Å². The second-order valence-corrected chi connectivity index (χ2v) is 6.83. The highest BCUT2D eigenvalue weighted by Crippen LogP contribution is 2.33.